The summed E-state index contributed by atoms with van der Waals surface area (Å²) in [4.78, 5) is 14.3. The summed E-state index contributed by atoms with van der Waals surface area (Å²) in [5.41, 5.74) is 1.80. The first-order valence-corrected chi connectivity index (χ1v) is 8.11. The van der Waals surface area contributed by atoms with Crippen molar-refractivity contribution in [2.45, 2.75) is 25.4 Å². The Hall–Kier alpha value is -2.65. The van der Waals surface area contributed by atoms with Crippen LogP contribution in [-0.2, 0) is 6.54 Å². The van der Waals surface area contributed by atoms with Gasteiger partial charge in [-0.05, 0) is 24.5 Å². The van der Waals surface area contributed by atoms with Crippen LogP contribution in [0.5, 0.6) is 6.01 Å². The lowest BCUT2D eigenvalue weighted by atomic mass is 10.0. The number of methoxy groups -OCH3 is 1. The molecule has 0 saturated carbocycles. The summed E-state index contributed by atoms with van der Waals surface area (Å²) >= 11 is 0. The normalized spacial score (nSPS) is 15.1. The fourth-order valence-corrected chi connectivity index (χ4v) is 2.94. The number of nitrogens with zero attached hydrogens (tertiary/aromatic N) is 4. The third kappa shape index (κ3) is 3.81. The molecule has 2 aromatic rings. The SMILES string of the molecule is [C-]#[N+]c1ccccc1CNC1CCN(c2ccnc(OC)n2)CC1. The summed E-state index contributed by atoms with van der Waals surface area (Å²) in [5, 5.41) is 3.58. The van der Waals surface area contributed by atoms with Gasteiger partial charge in [0.05, 0.1) is 13.7 Å². The first-order valence-electron chi connectivity index (χ1n) is 8.11. The zero-order chi connectivity index (χ0) is 16.8. The van der Waals surface area contributed by atoms with Crippen LogP contribution in [-0.4, -0.2) is 36.2 Å². The number of benzene rings is 1. The maximum absolute atomic E-state index is 7.23. The van der Waals surface area contributed by atoms with Gasteiger partial charge in [0.15, 0.2) is 5.69 Å². The zero-order valence-corrected chi connectivity index (χ0v) is 13.8. The molecule has 0 spiro atoms. The predicted octanol–water partition coefficient (Wildman–Crippen LogP) is 2.79. The summed E-state index contributed by atoms with van der Waals surface area (Å²) in [5.74, 6) is 0.915. The van der Waals surface area contributed by atoms with Crippen LogP contribution in [0.4, 0.5) is 11.5 Å². The molecule has 1 aliphatic rings. The van der Waals surface area contributed by atoms with E-state index in [0.717, 1.165) is 49.5 Å². The maximum atomic E-state index is 7.23. The Labute approximate surface area is 142 Å². The summed E-state index contributed by atoms with van der Waals surface area (Å²) in [7, 11) is 1.58. The molecule has 1 N–H and O–H groups in total. The van der Waals surface area contributed by atoms with Gasteiger partial charge in [0.1, 0.15) is 5.82 Å². The van der Waals surface area contributed by atoms with E-state index >= 15 is 0 Å². The highest BCUT2D eigenvalue weighted by Gasteiger charge is 2.20. The fraction of sp³-hybridized carbons (Fsp3) is 0.389. The van der Waals surface area contributed by atoms with E-state index in [2.05, 4.69) is 25.0 Å². The molecular weight excluding hydrogens is 302 g/mol. The maximum Gasteiger partial charge on any atom is 0.318 e. The lowest BCUT2D eigenvalue weighted by Crippen LogP contribution is -2.42. The van der Waals surface area contributed by atoms with E-state index in [4.69, 9.17) is 11.3 Å². The Morgan fingerprint density at radius 1 is 1.29 bits per heavy atom. The van der Waals surface area contributed by atoms with Gasteiger partial charge >= 0.3 is 6.01 Å². The number of nitrogens with one attached hydrogen (secondary N) is 1. The van der Waals surface area contributed by atoms with Crippen LogP contribution < -0.4 is 15.0 Å². The molecule has 3 rings (SSSR count). The Balaban J connectivity index is 1.53. The number of rotatable bonds is 5. The number of piperidine rings is 1. The Kier molecular flexibility index (Phi) is 5.24. The molecule has 1 aromatic heterocycles. The molecule has 0 radical (unpaired) electrons. The number of anilines is 1. The molecule has 1 saturated heterocycles. The molecule has 0 aliphatic carbocycles. The molecule has 0 atom stereocenters. The monoisotopic (exact) mass is 323 g/mol. The minimum atomic E-state index is 0.406. The molecule has 6 heteroatoms. The standard InChI is InChI=1S/C18H21N5O/c1-19-16-6-4-3-5-14(16)13-21-15-8-11-23(12-9-15)17-7-10-20-18(22-17)24-2/h3-7,10,15,21H,8-9,11-13H2,2H3. The Morgan fingerprint density at radius 2 is 2.08 bits per heavy atom. The van der Waals surface area contributed by atoms with Gasteiger partial charge < -0.3 is 15.0 Å². The van der Waals surface area contributed by atoms with Crippen LogP contribution in [0.15, 0.2) is 36.5 Å². The lowest BCUT2D eigenvalue weighted by molar-refractivity contribution is 0.377. The van der Waals surface area contributed by atoms with Gasteiger partial charge in [0.2, 0.25) is 0 Å². The topological polar surface area (TPSA) is 54.6 Å². The van der Waals surface area contributed by atoms with Crippen molar-refractivity contribution >= 4 is 11.5 Å². The number of hydrogen-bond acceptors (Lipinski definition) is 5. The number of aromatic nitrogens is 2. The average molecular weight is 323 g/mol. The van der Waals surface area contributed by atoms with Crippen LogP contribution in [0.1, 0.15) is 18.4 Å². The Morgan fingerprint density at radius 3 is 2.83 bits per heavy atom. The Bertz CT molecular complexity index is 719. The summed E-state index contributed by atoms with van der Waals surface area (Å²) in [6, 6.07) is 10.6. The molecule has 6 nitrogen and oxygen atoms in total. The van der Waals surface area contributed by atoms with E-state index in [9.17, 15) is 0 Å². The highest BCUT2D eigenvalue weighted by atomic mass is 16.5. The van der Waals surface area contributed by atoms with Gasteiger partial charge in [-0.3, -0.25) is 0 Å². The lowest BCUT2D eigenvalue weighted by Gasteiger charge is -2.33. The van der Waals surface area contributed by atoms with Crippen molar-refractivity contribution in [3.8, 4) is 6.01 Å². The van der Waals surface area contributed by atoms with Crippen molar-refractivity contribution in [2.24, 2.45) is 0 Å². The number of para-hydroxylation sites is 1. The van der Waals surface area contributed by atoms with Crippen molar-refractivity contribution in [1.29, 1.82) is 0 Å². The van der Waals surface area contributed by atoms with Gasteiger partial charge in [0.25, 0.3) is 0 Å². The summed E-state index contributed by atoms with van der Waals surface area (Å²) < 4.78 is 5.09. The number of ether oxygens (including phenoxy) is 1. The summed E-state index contributed by atoms with van der Waals surface area (Å²) in [6.07, 6.45) is 3.83. The second kappa shape index (κ2) is 7.75. The van der Waals surface area contributed by atoms with Crippen LogP contribution in [0.25, 0.3) is 4.85 Å². The molecule has 0 bridgehead atoms. The van der Waals surface area contributed by atoms with Gasteiger partial charge in [-0.1, -0.05) is 24.3 Å². The largest absolute Gasteiger partial charge is 0.467 e. The van der Waals surface area contributed by atoms with E-state index in [1.54, 1.807) is 13.3 Å². The smallest absolute Gasteiger partial charge is 0.318 e. The van der Waals surface area contributed by atoms with Crippen LogP contribution in [0.2, 0.25) is 0 Å². The van der Waals surface area contributed by atoms with E-state index in [-0.39, 0.29) is 0 Å². The molecular formula is C18H21N5O. The zero-order valence-electron chi connectivity index (χ0n) is 13.8. The van der Waals surface area contributed by atoms with E-state index in [0.29, 0.717) is 12.1 Å². The quantitative estimate of drug-likeness (QED) is 0.858. The van der Waals surface area contributed by atoms with E-state index in [1.807, 2.05) is 30.3 Å². The van der Waals surface area contributed by atoms with Gasteiger partial charge in [-0.2, -0.15) is 4.98 Å². The number of hydrogen-bond donors (Lipinski definition) is 1. The minimum Gasteiger partial charge on any atom is -0.467 e. The second-order valence-electron chi connectivity index (χ2n) is 5.78. The van der Waals surface area contributed by atoms with Gasteiger partial charge in [-0.15, -0.1) is 0 Å². The van der Waals surface area contributed by atoms with Gasteiger partial charge in [-0.25, -0.2) is 9.83 Å². The van der Waals surface area contributed by atoms with Crippen molar-refractivity contribution < 1.29 is 4.74 Å². The molecule has 0 amide bonds. The molecule has 2 heterocycles. The first kappa shape index (κ1) is 16.2. The molecule has 1 aliphatic heterocycles. The van der Waals surface area contributed by atoms with E-state index < -0.39 is 0 Å². The van der Waals surface area contributed by atoms with Crippen LogP contribution in [0.3, 0.4) is 0 Å². The third-order valence-corrected chi connectivity index (χ3v) is 4.31. The second-order valence-corrected chi connectivity index (χ2v) is 5.78. The van der Waals surface area contributed by atoms with Gasteiger partial charge in [0, 0.05) is 31.9 Å². The van der Waals surface area contributed by atoms with Crippen molar-refractivity contribution in [1.82, 2.24) is 15.3 Å². The van der Waals surface area contributed by atoms with Crippen molar-refractivity contribution in [3.05, 3.63) is 53.5 Å². The van der Waals surface area contributed by atoms with Crippen LogP contribution in [0, 0.1) is 6.57 Å². The van der Waals surface area contributed by atoms with Crippen LogP contribution >= 0.6 is 0 Å². The third-order valence-electron chi connectivity index (χ3n) is 4.31. The fourth-order valence-electron chi connectivity index (χ4n) is 2.94. The minimum absolute atomic E-state index is 0.406. The molecule has 1 fully saturated rings. The molecule has 24 heavy (non-hydrogen) atoms. The van der Waals surface area contributed by atoms with Crippen molar-refractivity contribution in [2.75, 3.05) is 25.1 Å². The average Bonchev–Trinajstić information content (AvgIpc) is 2.67. The first-order chi connectivity index (χ1) is 11.8. The van der Waals surface area contributed by atoms with E-state index in [1.165, 1.54) is 0 Å². The highest BCUT2D eigenvalue weighted by Crippen LogP contribution is 2.21. The molecule has 124 valence electrons. The predicted molar refractivity (Wildman–Crippen MR) is 93.4 cm³/mol. The molecule has 1 aromatic carbocycles. The molecule has 0 unspecified atom stereocenters. The highest BCUT2D eigenvalue weighted by molar-refractivity contribution is 5.51. The summed E-state index contributed by atoms with van der Waals surface area (Å²) in [6.45, 7) is 9.86. The van der Waals surface area contributed by atoms with Crippen molar-refractivity contribution in [3.63, 3.8) is 0 Å².